The largest absolute Gasteiger partial charge is 0.489 e. The van der Waals surface area contributed by atoms with E-state index in [1.807, 2.05) is 25.1 Å². The third-order valence-corrected chi connectivity index (χ3v) is 3.63. The quantitative estimate of drug-likeness (QED) is 0.900. The monoisotopic (exact) mass is 270 g/mol. The summed E-state index contributed by atoms with van der Waals surface area (Å²) in [5, 5.41) is 9.86. The molecule has 0 saturated carbocycles. The number of benzene rings is 2. The molecule has 0 unspecified atom stereocenters. The number of rotatable bonds is 4. The molecule has 0 aliphatic carbocycles. The first kappa shape index (κ1) is 14.6. The van der Waals surface area contributed by atoms with Gasteiger partial charge in [-0.3, -0.25) is 0 Å². The molecule has 2 heteroatoms. The van der Waals surface area contributed by atoms with E-state index in [9.17, 15) is 5.11 Å². The van der Waals surface area contributed by atoms with Crippen molar-refractivity contribution >= 4 is 0 Å². The van der Waals surface area contributed by atoms with Gasteiger partial charge >= 0.3 is 0 Å². The molecule has 2 nitrogen and oxygen atoms in total. The number of ether oxygens (including phenoxy) is 1. The molecule has 0 fully saturated rings. The molecule has 0 spiro atoms. The Balaban J connectivity index is 2.23. The summed E-state index contributed by atoms with van der Waals surface area (Å²) in [5.41, 5.74) is 5.65. The van der Waals surface area contributed by atoms with Crippen LogP contribution < -0.4 is 4.74 Å². The average molecular weight is 270 g/mol. The van der Waals surface area contributed by atoms with Crippen LogP contribution in [0.15, 0.2) is 36.4 Å². The van der Waals surface area contributed by atoms with Crippen LogP contribution in [0.2, 0.25) is 0 Å². The molecule has 106 valence electrons. The second kappa shape index (κ2) is 6.10. The molecule has 0 amide bonds. The highest BCUT2D eigenvalue weighted by Crippen LogP contribution is 2.27. The Hall–Kier alpha value is -1.80. The average Bonchev–Trinajstić information content (AvgIpc) is 2.39. The lowest BCUT2D eigenvalue weighted by molar-refractivity contribution is 0.190. The topological polar surface area (TPSA) is 29.5 Å². The standard InChI is InChI=1S/C18H22O2/c1-12-8-9-18(16(10-12)15(4)19)20-11-17-13(2)6-5-7-14(17)3/h5-10,15,19H,11H2,1-4H3/t15-/m0/s1. The summed E-state index contributed by atoms with van der Waals surface area (Å²) in [6, 6.07) is 12.2. The predicted molar refractivity (Wildman–Crippen MR) is 82.1 cm³/mol. The van der Waals surface area contributed by atoms with Crippen molar-refractivity contribution in [2.45, 2.75) is 40.4 Å². The van der Waals surface area contributed by atoms with Crippen molar-refractivity contribution in [2.24, 2.45) is 0 Å². The summed E-state index contributed by atoms with van der Waals surface area (Å²) < 4.78 is 5.94. The normalized spacial score (nSPS) is 12.2. The van der Waals surface area contributed by atoms with Crippen LogP contribution in [0.25, 0.3) is 0 Å². The minimum Gasteiger partial charge on any atom is -0.489 e. The summed E-state index contributed by atoms with van der Waals surface area (Å²) in [6.07, 6.45) is -0.525. The van der Waals surface area contributed by atoms with E-state index in [0.717, 1.165) is 16.9 Å². The van der Waals surface area contributed by atoms with Crippen LogP contribution in [0.1, 0.15) is 40.8 Å². The lowest BCUT2D eigenvalue weighted by Gasteiger charge is -2.16. The Morgan fingerprint density at radius 2 is 1.70 bits per heavy atom. The Morgan fingerprint density at radius 3 is 2.30 bits per heavy atom. The number of aliphatic hydroxyl groups is 1. The SMILES string of the molecule is Cc1ccc(OCc2c(C)cccc2C)c([C@H](C)O)c1. The highest BCUT2D eigenvalue weighted by Gasteiger charge is 2.10. The smallest absolute Gasteiger partial charge is 0.125 e. The maximum Gasteiger partial charge on any atom is 0.125 e. The summed E-state index contributed by atoms with van der Waals surface area (Å²) in [6.45, 7) is 8.50. The van der Waals surface area contributed by atoms with Gasteiger partial charge in [-0.2, -0.15) is 0 Å². The van der Waals surface area contributed by atoms with Crippen molar-refractivity contribution in [3.05, 3.63) is 64.2 Å². The number of hydrogen-bond donors (Lipinski definition) is 1. The summed E-state index contributed by atoms with van der Waals surface area (Å²) in [7, 11) is 0. The fourth-order valence-corrected chi connectivity index (χ4v) is 2.35. The van der Waals surface area contributed by atoms with Gasteiger partial charge in [-0.25, -0.2) is 0 Å². The number of hydrogen-bond acceptors (Lipinski definition) is 2. The molecule has 0 heterocycles. The first-order chi connectivity index (χ1) is 9.49. The first-order valence-electron chi connectivity index (χ1n) is 6.95. The molecule has 0 aliphatic heterocycles. The van der Waals surface area contributed by atoms with Crippen LogP contribution in [-0.4, -0.2) is 5.11 Å². The molecular weight excluding hydrogens is 248 g/mol. The number of aliphatic hydroxyl groups excluding tert-OH is 1. The molecule has 20 heavy (non-hydrogen) atoms. The van der Waals surface area contributed by atoms with Crippen LogP contribution in [0.4, 0.5) is 0 Å². The van der Waals surface area contributed by atoms with Gasteiger partial charge in [0.2, 0.25) is 0 Å². The van der Waals surface area contributed by atoms with Crippen LogP contribution in [0.5, 0.6) is 5.75 Å². The minimum atomic E-state index is -0.525. The Bertz CT molecular complexity index is 580. The third kappa shape index (κ3) is 3.20. The zero-order valence-corrected chi connectivity index (χ0v) is 12.6. The molecule has 2 rings (SSSR count). The van der Waals surface area contributed by atoms with Crippen molar-refractivity contribution in [1.29, 1.82) is 0 Å². The Morgan fingerprint density at radius 1 is 1.05 bits per heavy atom. The fraction of sp³-hybridized carbons (Fsp3) is 0.333. The van der Waals surface area contributed by atoms with Crippen molar-refractivity contribution in [3.63, 3.8) is 0 Å². The van der Waals surface area contributed by atoms with E-state index in [-0.39, 0.29) is 0 Å². The molecule has 2 aromatic rings. The van der Waals surface area contributed by atoms with Gasteiger partial charge in [0.05, 0.1) is 6.10 Å². The number of aryl methyl sites for hydroxylation is 3. The van der Waals surface area contributed by atoms with Crippen LogP contribution in [-0.2, 0) is 6.61 Å². The molecule has 1 atom stereocenters. The highest BCUT2D eigenvalue weighted by atomic mass is 16.5. The van der Waals surface area contributed by atoms with Gasteiger partial charge in [-0.05, 0) is 56.5 Å². The van der Waals surface area contributed by atoms with Crippen LogP contribution in [0, 0.1) is 20.8 Å². The molecular formula is C18H22O2. The molecule has 0 aromatic heterocycles. The Kier molecular flexibility index (Phi) is 4.46. The molecule has 1 N–H and O–H groups in total. The second-order valence-corrected chi connectivity index (χ2v) is 5.38. The zero-order valence-electron chi connectivity index (χ0n) is 12.6. The molecule has 0 aliphatic rings. The van der Waals surface area contributed by atoms with Crippen molar-refractivity contribution in [2.75, 3.05) is 0 Å². The van der Waals surface area contributed by atoms with E-state index in [0.29, 0.717) is 6.61 Å². The molecule has 0 radical (unpaired) electrons. The molecule has 0 bridgehead atoms. The lowest BCUT2D eigenvalue weighted by Crippen LogP contribution is -2.04. The van der Waals surface area contributed by atoms with Crippen molar-refractivity contribution in [1.82, 2.24) is 0 Å². The summed E-state index contributed by atoms with van der Waals surface area (Å²) in [5.74, 6) is 0.758. The van der Waals surface area contributed by atoms with Crippen molar-refractivity contribution < 1.29 is 9.84 Å². The summed E-state index contributed by atoms with van der Waals surface area (Å²) in [4.78, 5) is 0. The maximum absolute atomic E-state index is 9.86. The van der Waals surface area contributed by atoms with Gasteiger partial charge in [-0.1, -0.05) is 29.8 Å². The third-order valence-electron chi connectivity index (χ3n) is 3.63. The first-order valence-corrected chi connectivity index (χ1v) is 6.95. The molecule has 2 aromatic carbocycles. The van der Waals surface area contributed by atoms with E-state index >= 15 is 0 Å². The van der Waals surface area contributed by atoms with E-state index in [1.54, 1.807) is 6.92 Å². The van der Waals surface area contributed by atoms with Crippen molar-refractivity contribution in [3.8, 4) is 5.75 Å². The lowest BCUT2D eigenvalue weighted by atomic mass is 10.0. The summed E-state index contributed by atoms with van der Waals surface area (Å²) >= 11 is 0. The zero-order chi connectivity index (χ0) is 14.7. The van der Waals surface area contributed by atoms with Gasteiger partial charge in [0.1, 0.15) is 12.4 Å². The van der Waals surface area contributed by atoms with E-state index in [4.69, 9.17) is 4.74 Å². The highest BCUT2D eigenvalue weighted by molar-refractivity contribution is 5.39. The van der Waals surface area contributed by atoms with Gasteiger partial charge in [0.25, 0.3) is 0 Å². The van der Waals surface area contributed by atoms with Crippen LogP contribution >= 0.6 is 0 Å². The Labute approximate surface area is 121 Å². The van der Waals surface area contributed by atoms with Crippen LogP contribution in [0.3, 0.4) is 0 Å². The fourth-order valence-electron chi connectivity index (χ4n) is 2.35. The van der Waals surface area contributed by atoms with Gasteiger partial charge in [0, 0.05) is 5.56 Å². The predicted octanol–water partition coefficient (Wildman–Crippen LogP) is 4.24. The van der Waals surface area contributed by atoms with Gasteiger partial charge < -0.3 is 9.84 Å². The second-order valence-electron chi connectivity index (χ2n) is 5.38. The van der Waals surface area contributed by atoms with E-state index < -0.39 is 6.10 Å². The minimum absolute atomic E-state index is 0.525. The maximum atomic E-state index is 9.86. The van der Waals surface area contributed by atoms with E-state index in [2.05, 4.69) is 32.0 Å². The van der Waals surface area contributed by atoms with E-state index in [1.165, 1.54) is 16.7 Å². The van der Waals surface area contributed by atoms with Gasteiger partial charge in [-0.15, -0.1) is 0 Å². The molecule has 0 saturated heterocycles. The van der Waals surface area contributed by atoms with Gasteiger partial charge in [0.15, 0.2) is 0 Å².